The zero-order valence-corrected chi connectivity index (χ0v) is 15.7. The molecule has 0 heterocycles. The average Bonchev–Trinajstić information content (AvgIpc) is 2.68. The Hall–Kier alpha value is -3.01. The van der Waals surface area contributed by atoms with Gasteiger partial charge in [0.25, 0.3) is 6.47 Å². The minimum absolute atomic E-state index is 0.335. The minimum Gasteiger partial charge on any atom is -0.504 e. The molecule has 4 nitrogen and oxygen atoms in total. The fourth-order valence-electron chi connectivity index (χ4n) is 2.63. The summed E-state index contributed by atoms with van der Waals surface area (Å²) in [5.41, 5.74) is 3.45. The van der Waals surface area contributed by atoms with Crippen LogP contribution in [0.25, 0.3) is 0 Å². The lowest BCUT2D eigenvalue weighted by Gasteiger charge is -2.16. The van der Waals surface area contributed by atoms with Crippen molar-refractivity contribution in [3.63, 3.8) is 0 Å². The van der Waals surface area contributed by atoms with Gasteiger partial charge in [0.05, 0.1) is 20.5 Å². The van der Waals surface area contributed by atoms with Gasteiger partial charge in [0.2, 0.25) is 0 Å². The van der Waals surface area contributed by atoms with E-state index in [1.807, 2.05) is 25.2 Å². The van der Waals surface area contributed by atoms with Gasteiger partial charge in [-0.2, -0.15) is 0 Å². The number of carbonyl (C=O) groups is 1. The van der Waals surface area contributed by atoms with E-state index in [9.17, 15) is 4.79 Å². The van der Waals surface area contributed by atoms with Gasteiger partial charge in [0.1, 0.15) is 11.5 Å². The Labute approximate surface area is 155 Å². The number of methoxy groups -OCH3 is 2. The van der Waals surface area contributed by atoms with Crippen LogP contribution >= 0.6 is 0 Å². The maximum absolute atomic E-state index is 10.9. The third-order valence-corrected chi connectivity index (χ3v) is 3.83. The normalized spacial score (nSPS) is 16.3. The van der Waals surface area contributed by atoms with E-state index in [1.165, 1.54) is 13.4 Å². The summed E-state index contributed by atoms with van der Waals surface area (Å²) in [5.74, 6) is 1.17. The summed E-state index contributed by atoms with van der Waals surface area (Å²) in [6.45, 7) is 10.1. The van der Waals surface area contributed by atoms with Crippen LogP contribution in [0.1, 0.15) is 19.8 Å². The van der Waals surface area contributed by atoms with E-state index in [0.717, 1.165) is 35.3 Å². The SMILES string of the molecule is C=CC(/C(=C\C)C(/C=C)=C/C1=C(OC)C=CCC1)=C(\C=C\OC)OC=O. The van der Waals surface area contributed by atoms with Crippen molar-refractivity contribution in [3.05, 3.63) is 95.8 Å². The summed E-state index contributed by atoms with van der Waals surface area (Å²) in [4.78, 5) is 10.9. The molecule has 0 saturated carbocycles. The summed E-state index contributed by atoms with van der Waals surface area (Å²) in [7, 11) is 3.17. The summed E-state index contributed by atoms with van der Waals surface area (Å²) in [5, 5.41) is 0. The molecule has 1 rings (SSSR count). The summed E-state index contributed by atoms with van der Waals surface area (Å²) in [6, 6.07) is 0. The monoisotopic (exact) mass is 354 g/mol. The van der Waals surface area contributed by atoms with Crippen LogP contribution in [0.3, 0.4) is 0 Å². The van der Waals surface area contributed by atoms with Crippen molar-refractivity contribution in [1.29, 1.82) is 0 Å². The summed E-state index contributed by atoms with van der Waals surface area (Å²) < 4.78 is 15.5. The number of hydrogen-bond acceptors (Lipinski definition) is 4. The molecule has 1 aliphatic carbocycles. The van der Waals surface area contributed by atoms with Crippen LogP contribution in [0.4, 0.5) is 0 Å². The highest BCUT2D eigenvalue weighted by molar-refractivity contribution is 5.60. The second-order valence-electron chi connectivity index (χ2n) is 5.28. The van der Waals surface area contributed by atoms with E-state index >= 15 is 0 Å². The van der Waals surface area contributed by atoms with Gasteiger partial charge in [-0.1, -0.05) is 37.5 Å². The second-order valence-corrected chi connectivity index (χ2v) is 5.28. The lowest BCUT2D eigenvalue weighted by molar-refractivity contribution is -0.124. The average molecular weight is 354 g/mol. The number of rotatable bonds is 10. The lowest BCUT2D eigenvalue weighted by Crippen LogP contribution is -2.00. The van der Waals surface area contributed by atoms with Crippen molar-refractivity contribution in [2.24, 2.45) is 0 Å². The van der Waals surface area contributed by atoms with Crippen molar-refractivity contribution in [2.45, 2.75) is 19.8 Å². The lowest BCUT2D eigenvalue weighted by atomic mass is 9.92. The molecule has 26 heavy (non-hydrogen) atoms. The van der Waals surface area contributed by atoms with Gasteiger partial charge in [-0.3, -0.25) is 4.79 Å². The Morgan fingerprint density at radius 2 is 2.00 bits per heavy atom. The van der Waals surface area contributed by atoms with Crippen molar-refractivity contribution < 1.29 is 19.0 Å². The van der Waals surface area contributed by atoms with Crippen LogP contribution < -0.4 is 0 Å². The van der Waals surface area contributed by atoms with Gasteiger partial charge in [0, 0.05) is 11.6 Å². The molecule has 0 radical (unpaired) electrons. The molecular formula is C22H26O4. The molecule has 0 aromatic rings. The number of hydrogen-bond donors (Lipinski definition) is 0. The second kappa shape index (κ2) is 11.5. The largest absolute Gasteiger partial charge is 0.504 e. The van der Waals surface area contributed by atoms with Crippen LogP contribution in [0, 0.1) is 0 Å². The highest BCUT2D eigenvalue weighted by Crippen LogP contribution is 2.29. The molecule has 0 spiro atoms. The molecule has 0 amide bonds. The maximum Gasteiger partial charge on any atom is 0.298 e. The first kappa shape index (κ1) is 21.0. The molecule has 0 saturated heterocycles. The first-order chi connectivity index (χ1) is 12.7. The van der Waals surface area contributed by atoms with Gasteiger partial charge in [-0.05, 0) is 48.6 Å². The Bertz CT molecular complexity index is 712. The van der Waals surface area contributed by atoms with Gasteiger partial charge in [-0.25, -0.2) is 0 Å². The zero-order chi connectivity index (χ0) is 19.4. The molecule has 0 N–H and O–H groups in total. The summed E-state index contributed by atoms with van der Waals surface area (Å²) >= 11 is 0. The fourth-order valence-corrected chi connectivity index (χ4v) is 2.63. The molecule has 0 bridgehead atoms. The van der Waals surface area contributed by atoms with E-state index in [-0.39, 0.29) is 0 Å². The summed E-state index contributed by atoms with van der Waals surface area (Å²) in [6.07, 6.45) is 16.2. The number of carbonyl (C=O) groups excluding carboxylic acids is 1. The predicted octanol–water partition coefficient (Wildman–Crippen LogP) is 5.07. The number of allylic oxidation sites excluding steroid dienone is 11. The predicted molar refractivity (Wildman–Crippen MR) is 105 cm³/mol. The number of ether oxygens (including phenoxy) is 3. The smallest absolute Gasteiger partial charge is 0.298 e. The topological polar surface area (TPSA) is 44.8 Å². The van der Waals surface area contributed by atoms with Crippen LogP contribution in [-0.2, 0) is 19.0 Å². The van der Waals surface area contributed by atoms with Gasteiger partial charge >= 0.3 is 0 Å². The van der Waals surface area contributed by atoms with E-state index in [1.54, 1.807) is 25.3 Å². The fraction of sp³-hybridized carbons (Fsp3) is 0.227. The van der Waals surface area contributed by atoms with Crippen LogP contribution in [0.2, 0.25) is 0 Å². The third kappa shape index (κ3) is 5.52. The Kier molecular flexibility index (Phi) is 9.33. The van der Waals surface area contributed by atoms with E-state index in [4.69, 9.17) is 14.2 Å². The molecular weight excluding hydrogens is 328 g/mol. The van der Waals surface area contributed by atoms with Crippen molar-refractivity contribution in [2.75, 3.05) is 14.2 Å². The van der Waals surface area contributed by atoms with Crippen LogP contribution in [0.5, 0.6) is 0 Å². The first-order valence-corrected chi connectivity index (χ1v) is 8.27. The van der Waals surface area contributed by atoms with Crippen LogP contribution in [-0.4, -0.2) is 20.7 Å². The van der Waals surface area contributed by atoms with Crippen molar-refractivity contribution in [1.82, 2.24) is 0 Å². The molecule has 4 heteroatoms. The van der Waals surface area contributed by atoms with Gasteiger partial charge < -0.3 is 14.2 Å². The Morgan fingerprint density at radius 3 is 2.54 bits per heavy atom. The molecule has 0 fully saturated rings. The van der Waals surface area contributed by atoms with Crippen molar-refractivity contribution in [3.8, 4) is 0 Å². The first-order valence-electron chi connectivity index (χ1n) is 8.27. The Balaban J connectivity index is 3.50. The third-order valence-electron chi connectivity index (χ3n) is 3.83. The molecule has 0 unspecified atom stereocenters. The Morgan fingerprint density at radius 1 is 1.23 bits per heavy atom. The molecule has 0 aromatic carbocycles. The van der Waals surface area contributed by atoms with Crippen molar-refractivity contribution >= 4 is 6.47 Å². The molecule has 0 atom stereocenters. The quantitative estimate of drug-likeness (QED) is 0.312. The highest BCUT2D eigenvalue weighted by atomic mass is 16.5. The van der Waals surface area contributed by atoms with E-state index in [2.05, 4.69) is 19.2 Å². The van der Waals surface area contributed by atoms with Crippen LogP contribution in [0.15, 0.2) is 95.8 Å². The highest BCUT2D eigenvalue weighted by Gasteiger charge is 2.14. The minimum atomic E-state index is 0.335. The molecule has 0 aromatic heterocycles. The molecule has 0 aliphatic heterocycles. The van der Waals surface area contributed by atoms with Gasteiger partial charge in [0.15, 0.2) is 0 Å². The molecule has 138 valence electrons. The van der Waals surface area contributed by atoms with E-state index in [0.29, 0.717) is 17.8 Å². The standard InChI is InChI=1S/C22H26O4/c1-6-17(15-18-11-9-10-12-21(18)25-5)19(7-2)20(8-3)22(26-16-23)13-14-24-4/h6-8,10,12-16H,1,3,9,11H2,2,4-5H3/b14-13+,17-15+,19-7-,22-20-. The van der Waals surface area contributed by atoms with Gasteiger partial charge in [-0.15, -0.1) is 0 Å². The molecule has 1 aliphatic rings. The maximum atomic E-state index is 10.9. The zero-order valence-electron chi connectivity index (χ0n) is 15.7. The van der Waals surface area contributed by atoms with E-state index < -0.39 is 0 Å².